The lowest BCUT2D eigenvalue weighted by Crippen LogP contribution is -2.52. The Kier molecular flexibility index (Phi) is 8.72. The van der Waals surface area contributed by atoms with Crippen LogP contribution in [0.15, 0.2) is 48.8 Å². The Morgan fingerprint density at radius 2 is 1.86 bits per heavy atom. The molecule has 224 valence electrons. The summed E-state index contributed by atoms with van der Waals surface area (Å²) in [7, 11) is 3.75. The van der Waals surface area contributed by atoms with Crippen molar-refractivity contribution in [1.29, 1.82) is 0 Å². The molecular formula is C32H41N5O5. The highest BCUT2D eigenvalue weighted by Crippen LogP contribution is 2.34. The number of aromatic amines is 1. The number of rotatable bonds is 7. The molecule has 0 radical (unpaired) electrons. The molecule has 2 aromatic carbocycles. The van der Waals surface area contributed by atoms with E-state index in [1.165, 1.54) is 4.90 Å². The first-order valence-electron chi connectivity index (χ1n) is 14.5. The van der Waals surface area contributed by atoms with Crippen molar-refractivity contribution >= 4 is 17.7 Å². The van der Waals surface area contributed by atoms with Crippen molar-refractivity contribution in [2.45, 2.75) is 58.2 Å². The van der Waals surface area contributed by atoms with Crippen molar-refractivity contribution in [2.24, 2.45) is 5.92 Å². The lowest BCUT2D eigenvalue weighted by atomic mass is 9.93. The molecule has 10 nitrogen and oxygen atoms in total. The maximum Gasteiger partial charge on any atom is 0.411 e. The van der Waals surface area contributed by atoms with Crippen LogP contribution < -0.4 is 14.8 Å². The second-order valence-electron chi connectivity index (χ2n) is 12.2. The molecule has 0 unspecified atom stereocenters. The predicted octanol–water partition coefficient (Wildman–Crippen LogP) is 5.11. The summed E-state index contributed by atoms with van der Waals surface area (Å²) >= 11 is 0. The van der Waals surface area contributed by atoms with Gasteiger partial charge in [-0.15, -0.1) is 0 Å². The molecule has 0 spiro atoms. The predicted molar refractivity (Wildman–Crippen MR) is 161 cm³/mol. The molecule has 10 heteroatoms. The van der Waals surface area contributed by atoms with E-state index in [9.17, 15) is 9.59 Å². The van der Waals surface area contributed by atoms with Crippen LogP contribution in [0.1, 0.15) is 44.7 Å². The number of amides is 2. The molecule has 1 atom stereocenters. The van der Waals surface area contributed by atoms with Gasteiger partial charge in [-0.3, -0.25) is 14.8 Å². The first-order valence-corrected chi connectivity index (χ1v) is 14.5. The summed E-state index contributed by atoms with van der Waals surface area (Å²) in [5, 5.41) is 10.00. The number of hydrogen-bond donors (Lipinski definition) is 2. The van der Waals surface area contributed by atoms with Gasteiger partial charge in [-0.25, -0.2) is 4.79 Å². The quantitative estimate of drug-likeness (QED) is 0.403. The molecule has 0 saturated carbocycles. The van der Waals surface area contributed by atoms with Gasteiger partial charge in [0.05, 0.1) is 32.1 Å². The van der Waals surface area contributed by atoms with Gasteiger partial charge in [-0.1, -0.05) is 12.1 Å². The van der Waals surface area contributed by atoms with E-state index in [0.717, 1.165) is 48.2 Å². The summed E-state index contributed by atoms with van der Waals surface area (Å²) in [6, 6.07) is 10.7. The summed E-state index contributed by atoms with van der Waals surface area (Å²) < 4.78 is 17.5. The summed E-state index contributed by atoms with van der Waals surface area (Å²) in [5.74, 6) is 1.42. The fourth-order valence-corrected chi connectivity index (χ4v) is 5.42. The second kappa shape index (κ2) is 12.4. The number of ether oxygens (including phenoxy) is 3. The summed E-state index contributed by atoms with van der Waals surface area (Å²) in [5.41, 5.74) is 3.62. The lowest BCUT2D eigenvalue weighted by molar-refractivity contribution is -0.121. The van der Waals surface area contributed by atoms with Crippen LogP contribution in [0.5, 0.6) is 11.5 Å². The van der Waals surface area contributed by atoms with Gasteiger partial charge in [0, 0.05) is 18.2 Å². The van der Waals surface area contributed by atoms with Gasteiger partial charge < -0.3 is 24.4 Å². The van der Waals surface area contributed by atoms with Crippen molar-refractivity contribution in [3.05, 3.63) is 59.9 Å². The third-order valence-corrected chi connectivity index (χ3v) is 7.86. The molecule has 2 amide bonds. The zero-order valence-corrected chi connectivity index (χ0v) is 25.1. The van der Waals surface area contributed by atoms with Crippen LogP contribution in [0.4, 0.5) is 10.5 Å². The number of hydrogen-bond acceptors (Lipinski definition) is 7. The van der Waals surface area contributed by atoms with Crippen molar-refractivity contribution in [2.75, 3.05) is 39.2 Å². The number of nitrogens with zero attached hydrogens (tertiary/aromatic N) is 3. The number of H-pyrrole nitrogens is 1. The molecule has 3 aromatic rings. The minimum atomic E-state index is -0.783. The number of piperidine rings is 1. The topological polar surface area (TPSA) is 109 Å². The van der Waals surface area contributed by atoms with Gasteiger partial charge in [-0.05, 0) is 101 Å². The molecule has 1 saturated heterocycles. The Bertz CT molecular complexity index is 1390. The van der Waals surface area contributed by atoms with E-state index >= 15 is 0 Å². The highest BCUT2D eigenvalue weighted by Gasteiger charge is 2.37. The van der Waals surface area contributed by atoms with Crippen molar-refractivity contribution in [3.63, 3.8) is 0 Å². The fourth-order valence-electron chi connectivity index (χ4n) is 5.42. The number of methoxy groups -OCH3 is 1. The molecule has 3 heterocycles. The number of aromatic nitrogens is 2. The van der Waals surface area contributed by atoms with E-state index in [1.807, 2.05) is 63.4 Å². The van der Waals surface area contributed by atoms with Gasteiger partial charge in [0.25, 0.3) is 0 Å². The summed E-state index contributed by atoms with van der Waals surface area (Å²) in [4.78, 5) is 31.1. The Morgan fingerprint density at radius 3 is 2.55 bits per heavy atom. The minimum Gasteiger partial charge on any atom is -0.497 e. The molecule has 0 aliphatic carbocycles. The molecule has 42 heavy (non-hydrogen) atoms. The van der Waals surface area contributed by atoms with E-state index in [2.05, 4.69) is 27.5 Å². The van der Waals surface area contributed by atoms with Gasteiger partial charge >= 0.3 is 6.09 Å². The number of fused-ring (bicyclic) bond motifs is 1. The summed E-state index contributed by atoms with van der Waals surface area (Å²) in [6.07, 6.45) is 5.50. The number of carbonyl (C=O) groups excluding carboxylic acids is 2. The van der Waals surface area contributed by atoms with Crippen LogP contribution in [0.25, 0.3) is 11.1 Å². The van der Waals surface area contributed by atoms with E-state index in [0.29, 0.717) is 36.1 Å². The number of likely N-dealkylation sites (tertiary alicyclic amines) is 1. The number of carbonyl (C=O) groups is 2. The highest BCUT2D eigenvalue weighted by atomic mass is 16.6. The fraction of sp³-hybridized carbons (Fsp3) is 0.469. The standard InChI is InChI=1S/C32H41N5O5/c1-32(2,3)42-31(39)37-19-23-6-8-26(40-5)14-24(23)15-28(37)30(38)35-27-9-7-22(25-17-33-34-18-25)16-29(27)41-20-21-10-12-36(4)13-11-21/h6-9,14,16-18,21,28H,10-13,15,19-20H2,1-5H3,(H,33,34)(H,35,38)/t28-/m1/s1. The molecule has 2 aliphatic heterocycles. The van der Waals surface area contributed by atoms with Crippen LogP contribution in [-0.2, 0) is 22.5 Å². The van der Waals surface area contributed by atoms with E-state index in [-0.39, 0.29) is 12.5 Å². The van der Waals surface area contributed by atoms with Gasteiger partial charge in [0.2, 0.25) is 5.91 Å². The Labute approximate surface area is 247 Å². The summed E-state index contributed by atoms with van der Waals surface area (Å²) in [6.45, 7) is 8.36. The van der Waals surface area contributed by atoms with Crippen LogP contribution >= 0.6 is 0 Å². The van der Waals surface area contributed by atoms with Gasteiger partial charge in [0.1, 0.15) is 23.1 Å². The molecule has 5 rings (SSSR count). The maximum atomic E-state index is 14.0. The van der Waals surface area contributed by atoms with Crippen LogP contribution in [-0.4, -0.2) is 77.5 Å². The SMILES string of the molecule is COc1ccc2c(c1)C[C@H](C(=O)Nc1ccc(-c3cn[nH]c3)cc1OCC1CCN(C)CC1)N(C(=O)OC(C)(C)C)C2. The molecule has 2 N–H and O–H groups in total. The molecule has 1 aromatic heterocycles. The molecular weight excluding hydrogens is 534 g/mol. The second-order valence-corrected chi connectivity index (χ2v) is 12.2. The lowest BCUT2D eigenvalue weighted by Gasteiger charge is -2.37. The highest BCUT2D eigenvalue weighted by molar-refractivity contribution is 5.98. The van der Waals surface area contributed by atoms with Crippen LogP contribution in [0.3, 0.4) is 0 Å². The smallest absolute Gasteiger partial charge is 0.411 e. The monoisotopic (exact) mass is 575 g/mol. The molecule has 0 bridgehead atoms. The van der Waals surface area contributed by atoms with E-state index in [1.54, 1.807) is 13.3 Å². The third kappa shape index (κ3) is 7.05. The van der Waals surface area contributed by atoms with E-state index < -0.39 is 17.7 Å². The number of anilines is 1. The Hall–Kier alpha value is -4.05. The van der Waals surface area contributed by atoms with Crippen LogP contribution in [0.2, 0.25) is 0 Å². The largest absolute Gasteiger partial charge is 0.497 e. The zero-order chi connectivity index (χ0) is 29.9. The normalized spacial score (nSPS) is 17.8. The minimum absolute atomic E-state index is 0.255. The first kappa shape index (κ1) is 29.4. The number of nitrogens with one attached hydrogen (secondary N) is 2. The van der Waals surface area contributed by atoms with Crippen molar-refractivity contribution in [1.82, 2.24) is 20.0 Å². The zero-order valence-electron chi connectivity index (χ0n) is 25.1. The maximum absolute atomic E-state index is 14.0. The molecule has 2 aliphatic rings. The van der Waals surface area contributed by atoms with Crippen molar-refractivity contribution in [3.8, 4) is 22.6 Å². The van der Waals surface area contributed by atoms with Crippen molar-refractivity contribution < 1.29 is 23.8 Å². The average molecular weight is 576 g/mol. The Morgan fingerprint density at radius 1 is 1.07 bits per heavy atom. The number of benzene rings is 2. The first-order chi connectivity index (χ1) is 20.1. The Balaban J connectivity index is 1.41. The van der Waals surface area contributed by atoms with E-state index in [4.69, 9.17) is 14.2 Å². The van der Waals surface area contributed by atoms with Gasteiger partial charge in [-0.2, -0.15) is 5.10 Å². The third-order valence-electron chi connectivity index (χ3n) is 7.86. The average Bonchev–Trinajstić information content (AvgIpc) is 3.51. The van der Waals surface area contributed by atoms with Crippen LogP contribution in [0, 0.1) is 5.92 Å². The van der Waals surface area contributed by atoms with Gasteiger partial charge in [0.15, 0.2) is 0 Å². The molecule has 1 fully saturated rings.